The first-order chi connectivity index (χ1) is 8.04. The predicted molar refractivity (Wildman–Crippen MR) is 68.9 cm³/mol. The molecule has 1 rings (SSSR count). The van der Waals surface area contributed by atoms with Gasteiger partial charge in [0.1, 0.15) is 0 Å². The molecule has 0 bridgehead atoms. The van der Waals surface area contributed by atoms with Crippen molar-refractivity contribution in [1.82, 2.24) is 4.90 Å². The van der Waals surface area contributed by atoms with Crippen LogP contribution in [-0.4, -0.2) is 41.1 Å². The molecule has 100 valence electrons. The summed E-state index contributed by atoms with van der Waals surface area (Å²) in [5.41, 5.74) is 5.91. The molecule has 0 radical (unpaired) electrons. The standard InChI is InChI=1S/C13H26N2O2/c1-3-8-15(9-10(2)13(16)17)12-6-4-11(14)5-7-12/h10-12H,3-9,14H2,1-2H3,(H,16,17). The monoisotopic (exact) mass is 242 g/mol. The van der Waals surface area contributed by atoms with Gasteiger partial charge in [-0.3, -0.25) is 9.69 Å². The Labute approximate surface area is 104 Å². The van der Waals surface area contributed by atoms with E-state index in [1.54, 1.807) is 6.92 Å². The molecule has 0 amide bonds. The molecule has 0 heterocycles. The Kier molecular flexibility index (Phi) is 5.92. The summed E-state index contributed by atoms with van der Waals surface area (Å²) in [6.07, 6.45) is 5.47. The molecule has 0 aromatic carbocycles. The number of aliphatic carboxylic acids is 1. The van der Waals surface area contributed by atoms with Crippen molar-refractivity contribution in [2.45, 2.75) is 58.0 Å². The summed E-state index contributed by atoms with van der Waals surface area (Å²) in [6, 6.07) is 0.892. The van der Waals surface area contributed by atoms with Crippen LogP contribution < -0.4 is 5.73 Å². The van der Waals surface area contributed by atoms with E-state index in [4.69, 9.17) is 10.8 Å². The summed E-state index contributed by atoms with van der Waals surface area (Å²) in [5.74, 6) is -0.976. The molecule has 17 heavy (non-hydrogen) atoms. The molecule has 3 N–H and O–H groups in total. The molecule has 1 unspecified atom stereocenters. The van der Waals surface area contributed by atoms with Crippen molar-refractivity contribution in [3.63, 3.8) is 0 Å². The van der Waals surface area contributed by atoms with E-state index in [-0.39, 0.29) is 5.92 Å². The summed E-state index contributed by atoms with van der Waals surface area (Å²) >= 11 is 0. The summed E-state index contributed by atoms with van der Waals surface area (Å²) < 4.78 is 0. The molecular formula is C13H26N2O2. The Bertz CT molecular complexity index is 238. The fourth-order valence-electron chi connectivity index (χ4n) is 2.61. The lowest BCUT2D eigenvalue weighted by atomic mass is 9.90. The van der Waals surface area contributed by atoms with Crippen LogP contribution in [0.25, 0.3) is 0 Å². The predicted octanol–water partition coefficient (Wildman–Crippen LogP) is 1.69. The van der Waals surface area contributed by atoms with Crippen molar-refractivity contribution in [2.75, 3.05) is 13.1 Å². The van der Waals surface area contributed by atoms with E-state index in [9.17, 15) is 4.79 Å². The van der Waals surface area contributed by atoms with Gasteiger partial charge in [-0.25, -0.2) is 0 Å². The van der Waals surface area contributed by atoms with Crippen LogP contribution in [0.1, 0.15) is 46.0 Å². The molecule has 0 spiro atoms. The van der Waals surface area contributed by atoms with Crippen molar-refractivity contribution in [3.8, 4) is 0 Å². The number of carbonyl (C=O) groups is 1. The Morgan fingerprint density at radius 2 is 2.00 bits per heavy atom. The van der Waals surface area contributed by atoms with Gasteiger partial charge in [0.2, 0.25) is 0 Å². The van der Waals surface area contributed by atoms with Crippen molar-refractivity contribution in [2.24, 2.45) is 11.7 Å². The smallest absolute Gasteiger partial charge is 0.307 e. The quantitative estimate of drug-likeness (QED) is 0.744. The fourth-order valence-corrected chi connectivity index (χ4v) is 2.61. The first-order valence-corrected chi connectivity index (χ1v) is 6.77. The molecule has 4 nitrogen and oxygen atoms in total. The van der Waals surface area contributed by atoms with Crippen molar-refractivity contribution >= 4 is 5.97 Å². The van der Waals surface area contributed by atoms with E-state index >= 15 is 0 Å². The Balaban J connectivity index is 2.49. The number of carboxylic acid groups (broad SMARTS) is 1. The van der Waals surface area contributed by atoms with E-state index in [0.717, 1.165) is 38.6 Å². The number of hydrogen-bond acceptors (Lipinski definition) is 3. The van der Waals surface area contributed by atoms with Crippen LogP contribution in [0.15, 0.2) is 0 Å². The van der Waals surface area contributed by atoms with Crippen molar-refractivity contribution in [1.29, 1.82) is 0 Å². The van der Waals surface area contributed by atoms with Crippen molar-refractivity contribution < 1.29 is 9.90 Å². The second-order valence-corrected chi connectivity index (χ2v) is 5.30. The average Bonchev–Trinajstić information content (AvgIpc) is 2.29. The molecule has 1 atom stereocenters. The highest BCUT2D eigenvalue weighted by molar-refractivity contribution is 5.69. The topological polar surface area (TPSA) is 66.6 Å². The second-order valence-electron chi connectivity index (χ2n) is 5.30. The highest BCUT2D eigenvalue weighted by atomic mass is 16.4. The maximum Gasteiger partial charge on any atom is 0.307 e. The van der Waals surface area contributed by atoms with E-state index < -0.39 is 5.97 Å². The average molecular weight is 242 g/mol. The zero-order chi connectivity index (χ0) is 12.8. The molecule has 1 saturated carbocycles. The number of nitrogens with two attached hydrogens (primary N) is 1. The molecular weight excluding hydrogens is 216 g/mol. The van der Waals surface area contributed by atoms with Crippen LogP contribution in [0.3, 0.4) is 0 Å². The van der Waals surface area contributed by atoms with Crippen LogP contribution in [-0.2, 0) is 4.79 Å². The fraction of sp³-hybridized carbons (Fsp3) is 0.923. The molecule has 1 aliphatic rings. The van der Waals surface area contributed by atoms with E-state index in [1.807, 2.05) is 0 Å². The van der Waals surface area contributed by atoms with Gasteiger partial charge in [-0.15, -0.1) is 0 Å². The van der Waals surface area contributed by atoms with Gasteiger partial charge in [-0.2, -0.15) is 0 Å². The third-order valence-electron chi connectivity index (χ3n) is 3.70. The normalized spacial score (nSPS) is 27.1. The van der Waals surface area contributed by atoms with Gasteiger partial charge in [-0.05, 0) is 38.6 Å². The largest absolute Gasteiger partial charge is 0.481 e. The number of hydrogen-bond donors (Lipinski definition) is 2. The third-order valence-corrected chi connectivity index (χ3v) is 3.70. The number of nitrogens with zero attached hydrogens (tertiary/aromatic N) is 1. The first-order valence-electron chi connectivity index (χ1n) is 6.77. The molecule has 1 aliphatic carbocycles. The number of carboxylic acids is 1. The highest BCUT2D eigenvalue weighted by Gasteiger charge is 2.26. The molecule has 0 aromatic rings. The zero-order valence-electron chi connectivity index (χ0n) is 11.1. The van der Waals surface area contributed by atoms with Crippen LogP contribution in [0.5, 0.6) is 0 Å². The van der Waals surface area contributed by atoms with Gasteiger partial charge >= 0.3 is 5.97 Å². The Morgan fingerprint density at radius 3 is 2.47 bits per heavy atom. The lowest BCUT2D eigenvalue weighted by molar-refractivity contribution is -0.142. The maximum absolute atomic E-state index is 10.9. The molecule has 0 aliphatic heterocycles. The molecule has 1 fully saturated rings. The second kappa shape index (κ2) is 6.97. The van der Waals surface area contributed by atoms with Gasteiger partial charge < -0.3 is 10.8 Å². The van der Waals surface area contributed by atoms with Crippen LogP contribution in [0.4, 0.5) is 0 Å². The molecule has 0 aromatic heterocycles. The van der Waals surface area contributed by atoms with Gasteiger partial charge in [0.25, 0.3) is 0 Å². The summed E-state index contributed by atoms with van der Waals surface area (Å²) in [7, 11) is 0. The van der Waals surface area contributed by atoms with E-state index in [1.165, 1.54) is 0 Å². The van der Waals surface area contributed by atoms with Gasteiger partial charge in [0, 0.05) is 18.6 Å². The van der Waals surface area contributed by atoms with E-state index in [2.05, 4.69) is 11.8 Å². The minimum atomic E-state index is -0.696. The minimum Gasteiger partial charge on any atom is -0.481 e. The maximum atomic E-state index is 10.9. The van der Waals surface area contributed by atoms with Gasteiger partial charge in [0.05, 0.1) is 5.92 Å². The SMILES string of the molecule is CCCN(CC(C)C(=O)O)C1CCC(N)CC1. The van der Waals surface area contributed by atoms with E-state index in [0.29, 0.717) is 18.6 Å². The third kappa shape index (κ3) is 4.64. The van der Waals surface area contributed by atoms with Crippen LogP contribution in [0.2, 0.25) is 0 Å². The van der Waals surface area contributed by atoms with Gasteiger partial charge in [0.15, 0.2) is 0 Å². The first kappa shape index (κ1) is 14.5. The zero-order valence-corrected chi connectivity index (χ0v) is 11.1. The summed E-state index contributed by atoms with van der Waals surface area (Å²) in [6.45, 7) is 5.60. The number of rotatable bonds is 6. The summed E-state index contributed by atoms with van der Waals surface area (Å²) in [5, 5.41) is 8.99. The highest BCUT2D eigenvalue weighted by Crippen LogP contribution is 2.23. The minimum absolute atomic E-state index is 0.280. The Hall–Kier alpha value is -0.610. The lowest BCUT2D eigenvalue weighted by Crippen LogP contribution is -2.44. The summed E-state index contributed by atoms with van der Waals surface area (Å²) in [4.78, 5) is 13.3. The molecule has 0 saturated heterocycles. The van der Waals surface area contributed by atoms with Crippen molar-refractivity contribution in [3.05, 3.63) is 0 Å². The van der Waals surface area contributed by atoms with Gasteiger partial charge in [-0.1, -0.05) is 13.8 Å². The Morgan fingerprint density at radius 1 is 1.41 bits per heavy atom. The van der Waals surface area contributed by atoms with Crippen LogP contribution in [0, 0.1) is 5.92 Å². The molecule has 4 heteroatoms. The lowest BCUT2D eigenvalue weighted by Gasteiger charge is -2.36. The van der Waals surface area contributed by atoms with Crippen LogP contribution >= 0.6 is 0 Å².